The molecular weight excluding hydrogens is 1020 g/mol. The van der Waals surface area contributed by atoms with Crippen molar-refractivity contribution in [2.45, 2.75) is 130 Å². The lowest BCUT2D eigenvalue weighted by molar-refractivity contribution is -0.355. The van der Waals surface area contributed by atoms with Gasteiger partial charge in [-0.1, -0.05) is 6.92 Å². The summed E-state index contributed by atoms with van der Waals surface area (Å²) in [6, 6.07) is 0. The van der Waals surface area contributed by atoms with E-state index in [1.165, 1.54) is 7.11 Å². The molecule has 4 rings (SSSR count). The van der Waals surface area contributed by atoms with Crippen LogP contribution in [0.5, 0.6) is 0 Å². The molecule has 24 nitrogen and oxygen atoms in total. The zero-order valence-electron chi connectivity index (χ0n) is 30.1. The fraction of sp³-hybridized carbons (Fsp3) is 1.00. The van der Waals surface area contributed by atoms with Gasteiger partial charge >= 0.3 is 0 Å². The fourth-order valence-corrected chi connectivity index (χ4v) is 5.59. The minimum atomic E-state index is -1.74. The highest BCUT2D eigenvalue weighted by atomic mass is 127. The number of ether oxygens (including phenoxy) is 7. The summed E-state index contributed by atoms with van der Waals surface area (Å²) in [6.07, 6.45) is -27.7. The highest BCUT2D eigenvalue weighted by molar-refractivity contribution is 14.0. The average molecular weight is 1080 g/mol. The molecule has 17 N–H and O–H groups in total. The van der Waals surface area contributed by atoms with Crippen molar-refractivity contribution in [2.24, 2.45) is 5.92 Å². The van der Waals surface area contributed by atoms with Crippen molar-refractivity contribution in [2.75, 3.05) is 46.8 Å². The molecule has 2 unspecified atom stereocenters. The summed E-state index contributed by atoms with van der Waals surface area (Å²) in [5, 5.41) is 160. The molecule has 0 saturated carbocycles. The largest absolute Gasteiger partial charge is 0.394 e. The third kappa shape index (κ3) is 15.0. The van der Waals surface area contributed by atoms with Crippen molar-refractivity contribution in [1.29, 1.82) is 0 Å². The molecule has 0 aliphatic carbocycles. The lowest BCUT2D eigenvalue weighted by Crippen LogP contribution is -2.64. The second-order valence-corrected chi connectivity index (χ2v) is 12.7. The van der Waals surface area contributed by atoms with E-state index in [4.69, 9.17) is 53.6 Å². The third-order valence-electron chi connectivity index (χ3n) is 8.99. The van der Waals surface area contributed by atoms with Crippen molar-refractivity contribution in [3.8, 4) is 0 Å². The Morgan fingerprint density at radius 2 is 0.839 bits per heavy atom. The van der Waals surface area contributed by atoms with Crippen LogP contribution in [0.15, 0.2) is 0 Å². The number of rotatable bonds is 11. The van der Waals surface area contributed by atoms with Gasteiger partial charge in [0.1, 0.15) is 85.5 Å². The van der Waals surface area contributed by atoms with Crippen LogP contribution >= 0.6 is 61.4 Å². The fourth-order valence-electron chi connectivity index (χ4n) is 5.59. The highest BCUT2D eigenvalue weighted by Crippen LogP contribution is 2.32. The van der Waals surface area contributed by atoms with E-state index < -0.39 is 155 Å². The summed E-state index contributed by atoms with van der Waals surface area (Å²) in [6.45, 7) is -1.41. The van der Waals surface area contributed by atoms with E-state index in [-0.39, 0.29) is 74.7 Å². The van der Waals surface area contributed by atoms with Gasteiger partial charge in [-0.25, -0.2) is 0 Å². The summed E-state index contributed by atoms with van der Waals surface area (Å²) in [5.74, 6) is -0.533. The maximum Gasteiger partial charge on any atom is 0.187 e. The van der Waals surface area contributed by atoms with E-state index >= 15 is 0 Å². The number of aliphatic hydroxyl groups is 17. The Morgan fingerprint density at radius 1 is 0.464 bits per heavy atom. The Morgan fingerprint density at radius 3 is 1.25 bits per heavy atom. The summed E-state index contributed by atoms with van der Waals surface area (Å²) < 4.78 is 36.3. The number of methoxy groups -OCH3 is 1. The summed E-state index contributed by atoms with van der Waals surface area (Å²) in [7, 11) is 1.27. The van der Waals surface area contributed by atoms with Crippen LogP contribution < -0.4 is 0 Å². The zero-order chi connectivity index (χ0) is 40.3. The van der Waals surface area contributed by atoms with Crippen LogP contribution in [0, 0.1) is 5.92 Å². The Kier molecular flexibility index (Phi) is 29.9. The maximum absolute atomic E-state index is 10.2. The van der Waals surface area contributed by atoms with Gasteiger partial charge in [0, 0.05) is 13.0 Å². The molecule has 0 spiro atoms. The van der Waals surface area contributed by atoms with Gasteiger partial charge in [0.15, 0.2) is 25.2 Å². The van der Waals surface area contributed by atoms with Gasteiger partial charge in [-0.2, -0.15) is 13.5 Å². The van der Waals surface area contributed by atoms with E-state index in [1.54, 1.807) is 6.92 Å². The molecule has 27 heteroatoms. The Bertz CT molecular complexity index is 1010. The van der Waals surface area contributed by atoms with Crippen molar-refractivity contribution < 1.29 is 120 Å². The number of hydrogen-bond acceptors (Lipinski definition) is 24. The molecule has 340 valence electrons. The molecule has 0 amide bonds. The van der Waals surface area contributed by atoms with E-state index in [9.17, 15) is 66.4 Å². The van der Waals surface area contributed by atoms with Gasteiger partial charge in [-0.15, -0.1) is 48.0 Å². The predicted octanol–water partition coefficient (Wildman–Crippen LogP) is -9.18. The molecule has 0 aromatic rings. The van der Waals surface area contributed by atoms with Crippen LogP contribution in [0.2, 0.25) is 0 Å². The topological polar surface area (TPSA) is 409 Å². The first kappa shape index (κ1) is 58.9. The van der Waals surface area contributed by atoms with Crippen LogP contribution in [-0.2, 0) is 33.2 Å². The molecule has 0 bridgehead atoms. The minimum Gasteiger partial charge on any atom is -0.394 e. The molecular formula is C29H60I2O24S. The van der Waals surface area contributed by atoms with Crippen LogP contribution in [-0.4, -0.2) is 256 Å². The SMILES string of the molecule is CO[C@H]1O[C@H](CO)[C@@H](O[C@H]2O[C@H](CO)C(C)[C@H](O)[C@H]2O)[C@H](O)[C@H]1O.I.I.OCC(O)CO.OC[C@H]1O[C@H](O[C@H]2[C@H](O)[C@@H](O)[C@@H](O)O[C@@H]2CO)[C@H](O)[C@@H](O)C1O.S. The molecule has 0 aromatic heterocycles. The maximum atomic E-state index is 10.2. The Hall–Kier alpha value is 0.850. The van der Waals surface area contributed by atoms with Crippen molar-refractivity contribution in [1.82, 2.24) is 0 Å². The zero-order valence-corrected chi connectivity index (χ0v) is 35.8. The lowest BCUT2D eigenvalue weighted by Gasteiger charge is -2.46. The van der Waals surface area contributed by atoms with Crippen molar-refractivity contribution >= 4 is 61.4 Å². The molecule has 4 aliphatic heterocycles. The summed E-state index contributed by atoms with van der Waals surface area (Å²) in [4.78, 5) is 0. The molecule has 4 heterocycles. The van der Waals surface area contributed by atoms with E-state index in [0.717, 1.165) is 0 Å². The Balaban J connectivity index is 0. The Labute approximate surface area is 362 Å². The first-order valence-corrected chi connectivity index (χ1v) is 16.6. The smallest absolute Gasteiger partial charge is 0.187 e. The van der Waals surface area contributed by atoms with E-state index in [1.807, 2.05) is 0 Å². The monoisotopic (exact) mass is 1080 g/mol. The van der Waals surface area contributed by atoms with Crippen LogP contribution in [0.3, 0.4) is 0 Å². The van der Waals surface area contributed by atoms with Gasteiger partial charge in [0.2, 0.25) is 0 Å². The van der Waals surface area contributed by atoms with Gasteiger partial charge < -0.3 is 120 Å². The van der Waals surface area contributed by atoms with Gasteiger partial charge in [0.25, 0.3) is 0 Å². The van der Waals surface area contributed by atoms with E-state index in [2.05, 4.69) is 0 Å². The molecule has 0 aromatic carbocycles. The van der Waals surface area contributed by atoms with Crippen LogP contribution in [0.1, 0.15) is 6.92 Å². The van der Waals surface area contributed by atoms with Gasteiger partial charge in [-0.3, -0.25) is 0 Å². The predicted molar refractivity (Wildman–Crippen MR) is 207 cm³/mol. The quantitative estimate of drug-likeness (QED) is 0.0855. The van der Waals surface area contributed by atoms with Gasteiger partial charge in [0.05, 0.1) is 51.8 Å². The van der Waals surface area contributed by atoms with Crippen LogP contribution in [0.25, 0.3) is 0 Å². The minimum absolute atomic E-state index is 0. The number of halogens is 2. The molecule has 4 saturated heterocycles. The lowest BCUT2D eigenvalue weighted by atomic mass is 9.91. The third-order valence-corrected chi connectivity index (χ3v) is 8.99. The molecule has 4 fully saturated rings. The first-order valence-electron chi connectivity index (χ1n) is 16.6. The second-order valence-electron chi connectivity index (χ2n) is 12.7. The van der Waals surface area contributed by atoms with Crippen molar-refractivity contribution in [3.05, 3.63) is 0 Å². The average Bonchev–Trinajstić information content (AvgIpc) is 3.16. The number of aliphatic hydroxyl groups excluding tert-OH is 17. The second kappa shape index (κ2) is 28.5. The first-order chi connectivity index (χ1) is 25.0. The normalized spacial score (nSPS) is 43.7. The van der Waals surface area contributed by atoms with Crippen molar-refractivity contribution in [3.63, 3.8) is 0 Å². The summed E-state index contributed by atoms with van der Waals surface area (Å²) >= 11 is 0. The van der Waals surface area contributed by atoms with Crippen LogP contribution in [0.4, 0.5) is 0 Å². The van der Waals surface area contributed by atoms with E-state index in [0.29, 0.717) is 0 Å². The summed E-state index contributed by atoms with van der Waals surface area (Å²) in [5.41, 5.74) is 0. The molecule has 4 aliphatic rings. The molecule has 20 atom stereocenters. The molecule has 0 radical (unpaired) electrons. The number of hydrogen-bond donors (Lipinski definition) is 17. The molecule has 56 heavy (non-hydrogen) atoms. The highest BCUT2D eigenvalue weighted by Gasteiger charge is 2.51. The van der Waals surface area contributed by atoms with Gasteiger partial charge in [-0.05, 0) is 0 Å². The standard InChI is InChI=1S/C14H26O10.C12H22O11.C3H8O3.2HI.H2S/c1-5-6(3-15)22-14(10(19)8(5)17)24-12-7(4-16)23-13(21-2)11(20)9(12)18;13-1-3-5(15)6(16)9(19)12(22-3)23-10-4(2-14)21-11(20)8(18)7(10)17;4-1-3(6)2-5;;;/h5-20H,3-4H2,1-2H3;3-20H,1-2H2;3-6H,1-2H2;2*1H;1H2/t5?,6-,7-,8+,9-,10-,11-,12-,13+,14-;3-,4-,5?,6+,7-,8-,9-,10-,11+,12-;;;;/m11..../s1.